The third-order valence-corrected chi connectivity index (χ3v) is 2.38. The number of halogens is 4. The van der Waals surface area contributed by atoms with Crippen LogP contribution in [0.3, 0.4) is 0 Å². The van der Waals surface area contributed by atoms with Gasteiger partial charge in [0.05, 0.1) is 12.7 Å². The molecule has 0 aliphatic rings. The first-order valence-electron chi connectivity index (χ1n) is 5.11. The van der Waals surface area contributed by atoms with E-state index in [0.717, 1.165) is 0 Å². The maximum Gasteiger partial charge on any atom is 0.324 e. The fraction of sp³-hybridized carbons (Fsp3) is 0.273. The number of hydrogen-bond acceptors (Lipinski definition) is 3. The third-order valence-electron chi connectivity index (χ3n) is 2.38. The van der Waals surface area contributed by atoms with Crippen LogP contribution in [0, 0.1) is 0 Å². The normalized spacial score (nSPS) is 12.1. The van der Waals surface area contributed by atoms with Crippen LogP contribution in [0.4, 0.5) is 23.4 Å². The van der Waals surface area contributed by atoms with Crippen molar-refractivity contribution in [3.05, 3.63) is 30.5 Å². The van der Waals surface area contributed by atoms with E-state index < -0.39 is 18.9 Å². The molecule has 0 unspecified atom stereocenters. The molecule has 0 fully saturated rings. The minimum atomic E-state index is -4.10. The summed E-state index contributed by atoms with van der Waals surface area (Å²) in [7, 11) is 0. The fourth-order valence-corrected chi connectivity index (χ4v) is 1.44. The van der Waals surface area contributed by atoms with Gasteiger partial charge in [-0.25, -0.2) is 8.78 Å². The first kappa shape index (κ1) is 12.5. The Balaban J connectivity index is 2.22. The van der Waals surface area contributed by atoms with E-state index >= 15 is 0 Å². The SMILES string of the molecule is FC(F)C(F)(F)CNc1nncc2ccccc12. The minimum absolute atomic E-state index is 0.0634. The lowest BCUT2D eigenvalue weighted by Gasteiger charge is -2.16. The molecule has 0 atom stereocenters. The molecule has 0 aliphatic heterocycles. The summed E-state index contributed by atoms with van der Waals surface area (Å²) in [6.07, 6.45) is -2.25. The first-order valence-corrected chi connectivity index (χ1v) is 5.11. The van der Waals surface area contributed by atoms with E-state index in [2.05, 4.69) is 15.5 Å². The molecule has 0 aliphatic carbocycles. The molecular formula is C11H9F4N3. The first-order chi connectivity index (χ1) is 8.50. The van der Waals surface area contributed by atoms with Crippen molar-refractivity contribution in [2.75, 3.05) is 11.9 Å². The van der Waals surface area contributed by atoms with Crippen molar-refractivity contribution in [2.45, 2.75) is 12.3 Å². The molecule has 7 heteroatoms. The molecule has 3 nitrogen and oxygen atoms in total. The van der Waals surface area contributed by atoms with Crippen LogP contribution in [0.2, 0.25) is 0 Å². The van der Waals surface area contributed by atoms with Gasteiger partial charge in [-0.15, -0.1) is 5.10 Å². The molecule has 18 heavy (non-hydrogen) atoms. The van der Waals surface area contributed by atoms with E-state index in [1.807, 2.05) is 0 Å². The van der Waals surface area contributed by atoms with Crippen LogP contribution < -0.4 is 5.32 Å². The van der Waals surface area contributed by atoms with Crippen LogP contribution >= 0.6 is 0 Å². The maximum atomic E-state index is 12.8. The van der Waals surface area contributed by atoms with E-state index in [0.29, 0.717) is 10.8 Å². The Morgan fingerprint density at radius 2 is 1.94 bits per heavy atom. The Morgan fingerprint density at radius 1 is 1.22 bits per heavy atom. The number of aromatic nitrogens is 2. The van der Waals surface area contributed by atoms with E-state index in [1.54, 1.807) is 24.3 Å². The lowest BCUT2D eigenvalue weighted by molar-refractivity contribution is -0.117. The van der Waals surface area contributed by atoms with Crippen LogP contribution in [0.5, 0.6) is 0 Å². The summed E-state index contributed by atoms with van der Waals surface area (Å²) in [6.45, 7) is -1.19. The third kappa shape index (κ3) is 2.49. The summed E-state index contributed by atoms with van der Waals surface area (Å²) in [6, 6.07) is 6.81. The predicted molar refractivity (Wildman–Crippen MR) is 59.0 cm³/mol. The van der Waals surface area contributed by atoms with Crippen molar-refractivity contribution < 1.29 is 17.6 Å². The van der Waals surface area contributed by atoms with Crippen molar-refractivity contribution >= 4 is 16.6 Å². The van der Waals surface area contributed by atoms with Gasteiger partial charge in [0.1, 0.15) is 0 Å². The average molecular weight is 259 g/mol. The number of nitrogens with one attached hydrogen (secondary N) is 1. The van der Waals surface area contributed by atoms with Gasteiger partial charge in [0.2, 0.25) is 0 Å². The van der Waals surface area contributed by atoms with Gasteiger partial charge in [0.25, 0.3) is 0 Å². The number of anilines is 1. The monoisotopic (exact) mass is 259 g/mol. The summed E-state index contributed by atoms with van der Waals surface area (Å²) in [4.78, 5) is 0. The highest BCUT2D eigenvalue weighted by molar-refractivity contribution is 5.90. The molecule has 1 heterocycles. The lowest BCUT2D eigenvalue weighted by atomic mass is 10.2. The van der Waals surface area contributed by atoms with Crippen molar-refractivity contribution in [3.8, 4) is 0 Å². The Morgan fingerprint density at radius 3 is 2.67 bits per heavy atom. The topological polar surface area (TPSA) is 37.8 Å². The second-order valence-electron chi connectivity index (χ2n) is 3.70. The lowest BCUT2D eigenvalue weighted by Crippen LogP contribution is -2.35. The highest BCUT2D eigenvalue weighted by atomic mass is 19.3. The molecule has 1 N–H and O–H groups in total. The Hall–Kier alpha value is -1.92. The van der Waals surface area contributed by atoms with Gasteiger partial charge < -0.3 is 5.32 Å². The summed E-state index contributed by atoms with van der Waals surface area (Å²) < 4.78 is 49.5. The van der Waals surface area contributed by atoms with Crippen LogP contribution in [0.15, 0.2) is 30.5 Å². The van der Waals surface area contributed by atoms with Gasteiger partial charge in [-0.3, -0.25) is 0 Å². The maximum absolute atomic E-state index is 12.8. The highest BCUT2D eigenvalue weighted by Crippen LogP contribution is 2.25. The van der Waals surface area contributed by atoms with Crippen molar-refractivity contribution in [1.82, 2.24) is 10.2 Å². The molecule has 96 valence electrons. The highest BCUT2D eigenvalue weighted by Gasteiger charge is 2.40. The Kier molecular flexibility index (Phi) is 3.31. The molecule has 0 saturated heterocycles. The van der Waals surface area contributed by atoms with Crippen molar-refractivity contribution in [2.24, 2.45) is 0 Å². The molecule has 2 aromatic rings. The summed E-state index contributed by atoms with van der Waals surface area (Å²) >= 11 is 0. The zero-order valence-electron chi connectivity index (χ0n) is 9.08. The molecule has 0 spiro atoms. The number of hydrogen-bond donors (Lipinski definition) is 1. The smallest absolute Gasteiger partial charge is 0.324 e. The average Bonchev–Trinajstić information content (AvgIpc) is 2.36. The fourth-order valence-electron chi connectivity index (χ4n) is 1.44. The Bertz CT molecular complexity index is 539. The largest absolute Gasteiger partial charge is 0.362 e. The van der Waals surface area contributed by atoms with Crippen LogP contribution in [0.25, 0.3) is 10.8 Å². The molecule has 1 aromatic heterocycles. The predicted octanol–water partition coefficient (Wildman–Crippen LogP) is 2.94. The number of benzene rings is 1. The zero-order valence-corrected chi connectivity index (χ0v) is 9.08. The van der Waals surface area contributed by atoms with Gasteiger partial charge in [-0.05, 0) is 0 Å². The van der Waals surface area contributed by atoms with Gasteiger partial charge in [-0.2, -0.15) is 13.9 Å². The molecule has 0 amide bonds. The molecule has 1 aromatic carbocycles. The molecular weight excluding hydrogens is 250 g/mol. The number of alkyl halides is 4. The van der Waals surface area contributed by atoms with E-state index in [1.165, 1.54) is 6.20 Å². The number of rotatable bonds is 4. The number of nitrogens with zero attached hydrogens (tertiary/aromatic N) is 2. The van der Waals surface area contributed by atoms with Crippen LogP contribution in [0.1, 0.15) is 0 Å². The molecule has 0 bridgehead atoms. The van der Waals surface area contributed by atoms with E-state index in [-0.39, 0.29) is 5.82 Å². The molecule has 0 radical (unpaired) electrons. The van der Waals surface area contributed by atoms with Crippen molar-refractivity contribution in [1.29, 1.82) is 0 Å². The summed E-state index contributed by atoms with van der Waals surface area (Å²) in [5, 5.41) is 10.7. The molecule has 2 rings (SSSR count). The minimum Gasteiger partial charge on any atom is -0.362 e. The summed E-state index contributed by atoms with van der Waals surface area (Å²) in [5.74, 6) is -4.04. The standard InChI is InChI=1S/C11H9F4N3/c12-10(13)11(14,15)6-16-9-8-4-2-1-3-7(8)5-17-18-9/h1-5,10H,6H2,(H,16,18). The zero-order chi connectivity index (χ0) is 13.2. The van der Waals surface area contributed by atoms with Crippen LogP contribution in [-0.4, -0.2) is 29.1 Å². The van der Waals surface area contributed by atoms with E-state index in [4.69, 9.17) is 0 Å². The van der Waals surface area contributed by atoms with Gasteiger partial charge in [0, 0.05) is 10.8 Å². The summed E-state index contributed by atoms with van der Waals surface area (Å²) in [5.41, 5.74) is 0. The second kappa shape index (κ2) is 4.75. The Labute approximate surface area is 99.8 Å². The quantitative estimate of drug-likeness (QED) is 0.858. The second-order valence-corrected chi connectivity index (χ2v) is 3.70. The van der Waals surface area contributed by atoms with Gasteiger partial charge >= 0.3 is 12.3 Å². The molecule has 0 saturated carbocycles. The van der Waals surface area contributed by atoms with Gasteiger partial charge in [-0.1, -0.05) is 24.3 Å². The van der Waals surface area contributed by atoms with Crippen molar-refractivity contribution in [3.63, 3.8) is 0 Å². The van der Waals surface area contributed by atoms with E-state index in [9.17, 15) is 17.6 Å². The van der Waals surface area contributed by atoms with Gasteiger partial charge in [0.15, 0.2) is 5.82 Å². The number of fused-ring (bicyclic) bond motifs is 1. The van der Waals surface area contributed by atoms with Crippen LogP contribution in [-0.2, 0) is 0 Å².